The van der Waals surface area contributed by atoms with E-state index in [0.29, 0.717) is 30.0 Å². The van der Waals surface area contributed by atoms with E-state index in [-0.39, 0.29) is 6.04 Å². The second-order valence-electron chi connectivity index (χ2n) is 6.77. The van der Waals surface area contributed by atoms with Crippen LogP contribution in [0.15, 0.2) is 18.3 Å². The van der Waals surface area contributed by atoms with Crippen LogP contribution in [-0.4, -0.2) is 27.8 Å². The average Bonchev–Trinajstić information content (AvgIpc) is 2.43. The maximum absolute atomic E-state index is 12.0. The molecule has 2 N–H and O–H groups in total. The van der Waals surface area contributed by atoms with Gasteiger partial charge in [-0.1, -0.05) is 24.9 Å². The molecule has 0 radical (unpaired) electrons. The molecule has 1 aromatic rings. The summed E-state index contributed by atoms with van der Waals surface area (Å²) in [7, 11) is 0. The van der Waals surface area contributed by atoms with E-state index in [4.69, 9.17) is 21.4 Å². The molecule has 0 aliphatic heterocycles. The van der Waals surface area contributed by atoms with E-state index in [1.54, 1.807) is 46.0 Å². The second-order valence-corrected chi connectivity index (χ2v) is 7.20. The first-order valence-electron chi connectivity index (χ1n) is 7.92. The van der Waals surface area contributed by atoms with Crippen LogP contribution in [0.25, 0.3) is 0 Å². The predicted molar refractivity (Wildman–Crippen MR) is 92.0 cm³/mol. The molecule has 7 heteroatoms. The zero-order valence-electron chi connectivity index (χ0n) is 14.5. The largest absolute Gasteiger partial charge is 0.481 e. The first-order chi connectivity index (χ1) is 11.1. The van der Waals surface area contributed by atoms with Crippen LogP contribution in [0.4, 0.5) is 4.79 Å². The van der Waals surface area contributed by atoms with E-state index in [1.807, 2.05) is 0 Å². The van der Waals surface area contributed by atoms with Gasteiger partial charge in [0.25, 0.3) is 0 Å². The molecule has 134 valence electrons. The van der Waals surface area contributed by atoms with Crippen LogP contribution < -0.4 is 5.32 Å². The van der Waals surface area contributed by atoms with Gasteiger partial charge < -0.3 is 15.2 Å². The molecule has 6 nitrogen and oxygen atoms in total. The van der Waals surface area contributed by atoms with Crippen LogP contribution in [0.3, 0.4) is 0 Å². The van der Waals surface area contributed by atoms with Gasteiger partial charge in [0.1, 0.15) is 5.60 Å². The fourth-order valence-electron chi connectivity index (χ4n) is 2.11. The number of ether oxygens (including phenoxy) is 1. The Hall–Kier alpha value is -1.82. The molecule has 0 aromatic carbocycles. The summed E-state index contributed by atoms with van der Waals surface area (Å²) in [6.45, 7) is 7.02. The summed E-state index contributed by atoms with van der Waals surface area (Å²) in [6.07, 6.45) is 2.72. The van der Waals surface area contributed by atoms with Crippen molar-refractivity contribution in [2.24, 2.45) is 5.92 Å². The van der Waals surface area contributed by atoms with Crippen molar-refractivity contribution in [2.45, 2.75) is 58.6 Å². The lowest BCUT2D eigenvalue weighted by molar-refractivity contribution is -0.141. The van der Waals surface area contributed by atoms with E-state index in [2.05, 4.69) is 10.3 Å². The lowest BCUT2D eigenvalue weighted by atomic mass is 10.00. The summed E-state index contributed by atoms with van der Waals surface area (Å²) in [5.41, 5.74) is 0.0186. The highest BCUT2D eigenvalue weighted by molar-refractivity contribution is 6.30. The van der Waals surface area contributed by atoms with Gasteiger partial charge in [0.15, 0.2) is 0 Å². The van der Waals surface area contributed by atoms with Crippen LogP contribution in [0.2, 0.25) is 5.02 Å². The number of carboxylic acids is 1. The maximum Gasteiger partial charge on any atom is 0.408 e. The van der Waals surface area contributed by atoms with Gasteiger partial charge in [0.2, 0.25) is 0 Å². The Morgan fingerprint density at radius 3 is 2.58 bits per heavy atom. The summed E-state index contributed by atoms with van der Waals surface area (Å²) < 4.78 is 5.28. The molecule has 0 aliphatic rings. The molecule has 1 aromatic heterocycles. The third-order valence-electron chi connectivity index (χ3n) is 3.34. The number of pyridine rings is 1. The number of nitrogens with zero attached hydrogens (tertiary/aromatic N) is 1. The number of aromatic nitrogens is 1. The quantitative estimate of drug-likeness (QED) is 0.764. The van der Waals surface area contributed by atoms with Crippen LogP contribution in [0, 0.1) is 5.92 Å². The maximum atomic E-state index is 12.0. The standard InChI is InChI=1S/C17H25ClN2O4/c1-11(15(21)22)6-5-7-13(14-10-12(18)8-9-19-14)20-16(23)24-17(2,3)4/h8-11,13H,5-7H2,1-4H3,(H,20,23)(H,21,22)/t11-,13+/m1/s1. The minimum atomic E-state index is -0.826. The lowest BCUT2D eigenvalue weighted by Crippen LogP contribution is -2.35. The molecule has 24 heavy (non-hydrogen) atoms. The number of carbonyl (C=O) groups excluding carboxylic acids is 1. The number of aliphatic carboxylic acids is 1. The molecule has 0 aliphatic carbocycles. The molecular formula is C17H25ClN2O4. The van der Waals surface area contributed by atoms with Gasteiger partial charge in [0, 0.05) is 11.2 Å². The molecule has 1 heterocycles. The molecular weight excluding hydrogens is 332 g/mol. The van der Waals surface area contributed by atoms with Gasteiger partial charge in [-0.2, -0.15) is 0 Å². The van der Waals surface area contributed by atoms with Crippen molar-refractivity contribution < 1.29 is 19.4 Å². The normalized spacial score (nSPS) is 13.9. The number of hydrogen-bond donors (Lipinski definition) is 2. The smallest absolute Gasteiger partial charge is 0.408 e. The first-order valence-corrected chi connectivity index (χ1v) is 8.30. The molecule has 0 bridgehead atoms. The zero-order valence-corrected chi connectivity index (χ0v) is 15.3. The third kappa shape index (κ3) is 7.64. The molecule has 0 saturated carbocycles. The number of amides is 1. The Morgan fingerprint density at radius 2 is 2.04 bits per heavy atom. The van der Waals surface area contributed by atoms with Gasteiger partial charge in [0.05, 0.1) is 17.7 Å². The summed E-state index contributed by atoms with van der Waals surface area (Å²) in [4.78, 5) is 27.2. The van der Waals surface area contributed by atoms with Gasteiger partial charge in [-0.25, -0.2) is 4.79 Å². The highest BCUT2D eigenvalue weighted by Crippen LogP contribution is 2.22. The number of nitrogens with one attached hydrogen (secondary N) is 1. The van der Waals surface area contributed by atoms with Crippen molar-refractivity contribution in [1.29, 1.82) is 0 Å². The minimum absolute atomic E-state index is 0.389. The monoisotopic (exact) mass is 356 g/mol. The summed E-state index contributed by atoms with van der Waals surface area (Å²) in [5, 5.41) is 12.3. The van der Waals surface area contributed by atoms with Gasteiger partial charge in [-0.05, 0) is 45.7 Å². The Bertz CT molecular complexity index is 572. The summed E-state index contributed by atoms with van der Waals surface area (Å²) >= 11 is 6.00. The topological polar surface area (TPSA) is 88.5 Å². The first kappa shape index (κ1) is 20.2. The van der Waals surface area contributed by atoms with Crippen LogP contribution in [0.5, 0.6) is 0 Å². The zero-order chi connectivity index (χ0) is 18.3. The van der Waals surface area contributed by atoms with E-state index >= 15 is 0 Å². The van der Waals surface area contributed by atoms with E-state index in [9.17, 15) is 9.59 Å². The van der Waals surface area contributed by atoms with Crippen LogP contribution in [-0.2, 0) is 9.53 Å². The van der Waals surface area contributed by atoms with Crippen molar-refractivity contribution in [3.63, 3.8) is 0 Å². The average molecular weight is 357 g/mol. The van der Waals surface area contributed by atoms with Crippen molar-refractivity contribution >= 4 is 23.7 Å². The Morgan fingerprint density at radius 1 is 1.38 bits per heavy atom. The highest BCUT2D eigenvalue weighted by atomic mass is 35.5. The minimum Gasteiger partial charge on any atom is -0.481 e. The SMILES string of the molecule is C[C@H](CCC[C@H](NC(=O)OC(C)(C)C)c1cc(Cl)ccn1)C(=O)O. The van der Waals surface area contributed by atoms with Gasteiger partial charge >= 0.3 is 12.1 Å². The molecule has 2 atom stereocenters. The molecule has 1 amide bonds. The fraction of sp³-hybridized carbons (Fsp3) is 0.588. The number of hydrogen-bond acceptors (Lipinski definition) is 4. The van der Waals surface area contributed by atoms with E-state index < -0.39 is 23.6 Å². The van der Waals surface area contributed by atoms with E-state index in [0.717, 1.165) is 0 Å². The van der Waals surface area contributed by atoms with Crippen molar-refractivity contribution in [1.82, 2.24) is 10.3 Å². The number of rotatable bonds is 7. The predicted octanol–water partition coefficient (Wildman–Crippen LogP) is 4.19. The number of carboxylic acid groups (broad SMARTS) is 1. The van der Waals surface area contributed by atoms with Crippen molar-refractivity contribution in [2.75, 3.05) is 0 Å². The number of alkyl carbamates (subject to hydrolysis) is 1. The van der Waals surface area contributed by atoms with Crippen molar-refractivity contribution in [3.8, 4) is 0 Å². The summed E-state index contributed by atoms with van der Waals surface area (Å²) in [6, 6.07) is 2.95. The fourth-order valence-corrected chi connectivity index (χ4v) is 2.28. The molecule has 0 saturated heterocycles. The Labute approximate surface area is 147 Å². The van der Waals surface area contributed by atoms with Crippen molar-refractivity contribution in [3.05, 3.63) is 29.0 Å². The number of halogens is 1. The van der Waals surface area contributed by atoms with Crippen LogP contribution in [0.1, 0.15) is 58.7 Å². The molecule has 0 fully saturated rings. The van der Waals surface area contributed by atoms with Gasteiger partial charge in [-0.15, -0.1) is 0 Å². The van der Waals surface area contributed by atoms with Gasteiger partial charge in [-0.3, -0.25) is 9.78 Å². The lowest BCUT2D eigenvalue weighted by Gasteiger charge is -2.23. The molecule has 0 unspecified atom stereocenters. The van der Waals surface area contributed by atoms with Crippen LogP contribution >= 0.6 is 11.6 Å². The second kappa shape index (κ2) is 8.87. The highest BCUT2D eigenvalue weighted by Gasteiger charge is 2.22. The third-order valence-corrected chi connectivity index (χ3v) is 3.58. The number of carbonyl (C=O) groups is 2. The summed E-state index contributed by atoms with van der Waals surface area (Å²) in [5.74, 6) is -1.26. The Balaban J connectivity index is 2.76. The molecule has 0 spiro atoms. The Kier molecular flexibility index (Phi) is 7.48. The molecule has 1 rings (SSSR count). The van der Waals surface area contributed by atoms with E-state index in [1.165, 1.54) is 0 Å².